The fraction of sp³-hybridized carbons (Fsp3) is 0.333. The van der Waals surface area contributed by atoms with Crippen molar-refractivity contribution in [2.45, 2.75) is 25.7 Å². The Morgan fingerprint density at radius 3 is 2.44 bits per heavy atom. The van der Waals surface area contributed by atoms with Crippen molar-refractivity contribution in [3.8, 4) is 0 Å². The lowest BCUT2D eigenvalue weighted by molar-refractivity contribution is 0.0756. The largest absolute Gasteiger partial charge is 0.353 e. The second-order valence-corrected chi connectivity index (χ2v) is 5.98. The van der Waals surface area contributed by atoms with E-state index in [0.717, 1.165) is 37.8 Å². The Morgan fingerprint density at radius 1 is 1.00 bits per heavy atom. The van der Waals surface area contributed by atoms with Gasteiger partial charge in [0.2, 0.25) is 0 Å². The maximum absolute atomic E-state index is 13.8. The minimum atomic E-state index is -1.54. The van der Waals surface area contributed by atoms with Crippen LogP contribution in [0.1, 0.15) is 36.2 Å². The Labute approximate surface area is 143 Å². The average Bonchev–Trinajstić information content (AvgIpc) is 2.91. The maximum Gasteiger partial charge on any atom is 0.272 e. The summed E-state index contributed by atoms with van der Waals surface area (Å²) in [7, 11) is 0. The molecule has 7 heteroatoms. The molecule has 0 atom stereocenters. The van der Waals surface area contributed by atoms with Crippen molar-refractivity contribution < 1.29 is 18.0 Å². The number of carbonyl (C=O) groups is 1. The van der Waals surface area contributed by atoms with E-state index in [9.17, 15) is 18.0 Å². The van der Waals surface area contributed by atoms with Gasteiger partial charge in [-0.05, 0) is 37.1 Å². The van der Waals surface area contributed by atoms with Gasteiger partial charge in [-0.2, -0.15) is 0 Å². The number of pyridine rings is 1. The number of hydrogen-bond donors (Lipinski definition) is 1. The third kappa shape index (κ3) is 3.92. The van der Waals surface area contributed by atoms with Crippen LogP contribution in [0.25, 0.3) is 0 Å². The monoisotopic (exact) mass is 349 g/mol. The highest BCUT2D eigenvalue weighted by atomic mass is 19.2. The minimum absolute atomic E-state index is 0.184. The topological polar surface area (TPSA) is 45.2 Å². The van der Waals surface area contributed by atoms with Crippen LogP contribution in [0.15, 0.2) is 30.5 Å². The second kappa shape index (κ2) is 7.55. The van der Waals surface area contributed by atoms with Crippen molar-refractivity contribution in [2.75, 3.05) is 18.4 Å². The lowest BCUT2D eigenvalue weighted by Crippen LogP contribution is -2.32. The molecule has 1 aliphatic heterocycles. The van der Waals surface area contributed by atoms with E-state index >= 15 is 0 Å². The number of hydrogen-bond acceptors (Lipinski definition) is 3. The average molecular weight is 349 g/mol. The van der Waals surface area contributed by atoms with Crippen LogP contribution in [0.3, 0.4) is 0 Å². The number of benzene rings is 1. The zero-order valence-corrected chi connectivity index (χ0v) is 13.6. The molecule has 4 nitrogen and oxygen atoms in total. The summed E-state index contributed by atoms with van der Waals surface area (Å²) in [4.78, 5) is 18.4. The van der Waals surface area contributed by atoms with Gasteiger partial charge in [0.15, 0.2) is 17.5 Å². The lowest BCUT2D eigenvalue weighted by atomic mass is 10.2. The second-order valence-electron chi connectivity index (χ2n) is 5.98. The molecule has 1 amide bonds. The molecule has 3 rings (SSSR count). The molecule has 1 aromatic heterocycles. The molecule has 0 unspecified atom stereocenters. The third-order valence-corrected chi connectivity index (χ3v) is 4.19. The number of carbonyl (C=O) groups excluding carboxylic acids is 1. The predicted molar refractivity (Wildman–Crippen MR) is 88.2 cm³/mol. The van der Waals surface area contributed by atoms with E-state index in [2.05, 4.69) is 10.3 Å². The van der Waals surface area contributed by atoms with E-state index in [-0.39, 0.29) is 17.3 Å². The number of nitrogens with zero attached hydrogens (tertiary/aromatic N) is 2. The summed E-state index contributed by atoms with van der Waals surface area (Å²) < 4.78 is 40.1. The molecule has 25 heavy (non-hydrogen) atoms. The summed E-state index contributed by atoms with van der Waals surface area (Å²) >= 11 is 0. The first-order valence-electron chi connectivity index (χ1n) is 8.22. The van der Waals surface area contributed by atoms with Gasteiger partial charge in [0.05, 0.1) is 5.69 Å². The summed E-state index contributed by atoms with van der Waals surface area (Å²) in [5, 5.41) is 2.66. The van der Waals surface area contributed by atoms with Gasteiger partial charge in [-0.1, -0.05) is 12.8 Å². The van der Waals surface area contributed by atoms with Crippen molar-refractivity contribution in [1.82, 2.24) is 9.88 Å². The van der Waals surface area contributed by atoms with Gasteiger partial charge in [-0.15, -0.1) is 0 Å². The quantitative estimate of drug-likeness (QED) is 0.842. The minimum Gasteiger partial charge on any atom is -0.353 e. The molecular weight excluding hydrogens is 331 g/mol. The maximum atomic E-state index is 13.8. The number of anilines is 2. The molecule has 1 aliphatic rings. The molecule has 1 N–H and O–H groups in total. The third-order valence-electron chi connectivity index (χ3n) is 4.19. The molecule has 0 aliphatic carbocycles. The SMILES string of the molecule is O=C(c1cc(Nc2ccc(F)c(F)c2F)ccn1)N1CCCCCC1. The summed E-state index contributed by atoms with van der Waals surface area (Å²) in [6, 6.07) is 4.95. The van der Waals surface area contributed by atoms with Crippen molar-refractivity contribution >= 4 is 17.3 Å². The van der Waals surface area contributed by atoms with E-state index in [0.29, 0.717) is 18.8 Å². The molecule has 132 valence electrons. The molecule has 2 heterocycles. The Kier molecular flexibility index (Phi) is 5.21. The van der Waals surface area contributed by atoms with Crippen molar-refractivity contribution in [3.05, 3.63) is 53.6 Å². The van der Waals surface area contributed by atoms with Crippen molar-refractivity contribution in [3.63, 3.8) is 0 Å². The molecule has 0 saturated carbocycles. The van der Waals surface area contributed by atoms with Crippen LogP contribution < -0.4 is 5.32 Å². The first kappa shape index (κ1) is 17.3. The lowest BCUT2D eigenvalue weighted by Gasteiger charge is -2.20. The Bertz CT molecular complexity index is 774. The smallest absolute Gasteiger partial charge is 0.272 e. The standard InChI is InChI=1S/C18H18F3N3O/c19-13-5-6-14(17(21)16(13)20)23-12-7-8-22-15(11-12)18(25)24-9-3-1-2-4-10-24/h5-8,11H,1-4,9-10H2,(H,22,23). The molecule has 0 radical (unpaired) electrons. The van der Waals surface area contributed by atoms with Crippen LogP contribution in [-0.4, -0.2) is 28.9 Å². The highest BCUT2D eigenvalue weighted by molar-refractivity contribution is 5.93. The van der Waals surface area contributed by atoms with E-state index in [1.54, 1.807) is 4.90 Å². The van der Waals surface area contributed by atoms with Crippen molar-refractivity contribution in [1.29, 1.82) is 0 Å². The Hall–Kier alpha value is -2.57. The van der Waals surface area contributed by atoms with E-state index in [4.69, 9.17) is 0 Å². The summed E-state index contributed by atoms with van der Waals surface area (Å²) in [6.45, 7) is 1.38. The zero-order chi connectivity index (χ0) is 17.8. The first-order chi connectivity index (χ1) is 12.1. The number of halogens is 3. The van der Waals surface area contributed by atoms with E-state index in [1.807, 2.05) is 0 Å². The van der Waals surface area contributed by atoms with Gasteiger partial charge in [0, 0.05) is 25.0 Å². The van der Waals surface area contributed by atoms with Gasteiger partial charge in [-0.3, -0.25) is 9.78 Å². The summed E-state index contributed by atoms with van der Waals surface area (Å²) in [5.74, 6) is -4.29. The molecule has 1 saturated heterocycles. The van der Waals surface area contributed by atoms with Crippen LogP contribution in [0.4, 0.5) is 24.5 Å². The fourth-order valence-corrected chi connectivity index (χ4v) is 2.84. The predicted octanol–water partition coefficient (Wildman–Crippen LogP) is 4.26. The number of nitrogens with one attached hydrogen (secondary N) is 1. The molecule has 2 aromatic rings. The zero-order valence-electron chi connectivity index (χ0n) is 13.6. The van der Waals surface area contributed by atoms with E-state index < -0.39 is 17.5 Å². The van der Waals surface area contributed by atoms with Crippen LogP contribution in [0, 0.1) is 17.5 Å². The van der Waals surface area contributed by atoms with E-state index in [1.165, 1.54) is 18.3 Å². The van der Waals surface area contributed by atoms with Gasteiger partial charge in [-0.25, -0.2) is 13.2 Å². The highest BCUT2D eigenvalue weighted by Gasteiger charge is 2.19. The van der Waals surface area contributed by atoms with Crippen LogP contribution in [0.5, 0.6) is 0 Å². The molecule has 0 bridgehead atoms. The Balaban J connectivity index is 1.79. The summed E-state index contributed by atoms with van der Waals surface area (Å²) in [5.41, 5.74) is 0.395. The van der Waals surface area contributed by atoms with Gasteiger partial charge in [0.25, 0.3) is 5.91 Å². The number of rotatable bonds is 3. The number of amides is 1. The molecule has 1 fully saturated rings. The van der Waals surface area contributed by atoms with Gasteiger partial charge < -0.3 is 10.2 Å². The summed E-state index contributed by atoms with van der Waals surface area (Å²) in [6.07, 6.45) is 5.56. The van der Waals surface area contributed by atoms with Crippen LogP contribution in [-0.2, 0) is 0 Å². The highest BCUT2D eigenvalue weighted by Crippen LogP contribution is 2.24. The molecule has 1 aromatic carbocycles. The normalized spacial score (nSPS) is 14.9. The van der Waals surface area contributed by atoms with Crippen molar-refractivity contribution in [2.24, 2.45) is 0 Å². The number of aromatic nitrogens is 1. The van der Waals surface area contributed by atoms with Gasteiger partial charge in [0.1, 0.15) is 5.69 Å². The Morgan fingerprint density at radius 2 is 1.72 bits per heavy atom. The fourth-order valence-electron chi connectivity index (χ4n) is 2.84. The van der Waals surface area contributed by atoms with Crippen LogP contribution in [0.2, 0.25) is 0 Å². The van der Waals surface area contributed by atoms with Crippen LogP contribution >= 0.6 is 0 Å². The number of likely N-dealkylation sites (tertiary alicyclic amines) is 1. The molecular formula is C18H18F3N3O. The van der Waals surface area contributed by atoms with Gasteiger partial charge >= 0.3 is 0 Å². The molecule has 0 spiro atoms. The first-order valence-corrected chi connectivity index (χ1v) is 8.22.